The molecule has 0 spiro atoms. The summed E-state index contributed by atoms with van der Waals surface area (Å²) >= 11 is 0. The molecule has 0 fully saturated rings. The lowest BCUT2D eigenvalue weighted by Crippen LogP contribution is -2.22. The molecule has 7 heavy (non-hydrogen) atoms. The molecule has 0 radical (unpaired) electrons. The van der Waals surface area contributed by atoms with E-state index in [1.807, 2.05) is 0 Å². The van der Waals surface area contributed by atoms with Gasteiger partial charge in [0.1, 0.15) is 0 Å². The van der Waals surface area contributed by atoms with Gasteiger partial charge in [-0.3, -0.25) is 4.99 Å². The Hall–Kier alpha value is -0.530. The highest BCUT2D eigenvalue weighted by molar-refractivity contribution is 5.55. The average Bonchev–Trinajstić information content (AvgIpc) is 1.69. The zero-order chi connectivity index (χ0) is 5.11. The third-order valence-corrected chi connectivity index (χ3v) is 1.13. The molecule has 1 rings (SSSR count). The van der Waals surface area contributed by atoms with Crippen molar-refractivity contribution in [2.75, 3.05) is 6.54 Å². The average molecular weight is 98.1 g/mol. The molecule has 1 aliphatic rings. The zero-order valence-corrected chi connectivity index (χ0v) is 4.52. The summed E-state index contributed by atoms with van der Waals surface area (Å²) in [6, 6.07) is 0.543. The zero-order valence-electron chi connectivity index (χ0n) is 4.52. The summed E-state index contributed by atoms with van der Waals surface area (Å²) in [5.74, 6) is 0. The summed E-state index contributed by atoms with van der Waals surface area (Å²) in [6.07, 6.45) is 2.96. The Balaban J connectivity index is 2.36. The normalized spacial score (nSPS) is 29.6. The molecule has 0 saturated carbocycles. The first-order valence-electron chi connectivity index (χ1n) is 2.64. The molecular formula is C5H10N2. The Labute approximate surface area is 43.6 Å². The lowest BCUT2D eigenvalue weighted by atomic mass is 10.2. The monoisotopic (exact) mass is 98.1 g/mol. The number of aliphatic imine (C=N–C) groups is 1. The molecule has 1 atom stereocenters. The highest BCUT2D eigenvalue weighted by Crippen LogP contribution is 1.95. The van der Waals surface area contributed by atoms with E-state index in [-0.39, 0.29) is 0 Å². The molecule has 0 saturated heterocycles. The van der Waals surface area contributed by atoms with Crippen LogP contribution in [0.25, 0.3) is 0 Å². The molecule has 0 aromatic heterocycles. The molecule has 40 valence electrons. The fraction of sp³-hybridized carbons (Fsp3) is 0.800. The fourth-order valence-electron chi connectivity index (χ4n) is 0.611. The molecule has 0 aromatic carbocycles. The van der Waals surface area contributed by atoms with Crippen LogP contribution >= 0.6 is 0 Å². The van der Waals surface area contributed by atoms with E-state index in [2.05, 4.69) is 17.2 Å². The first kappa shape index (κ1) is 4.62. The minimum absolute atomic E-state index is 0.543. The van der Waals surface area contributed by atoms with Crippen molar-refractivity contribution in [2.24, 2.45) is 4.99 Å². The van der Waals surface area contributed by atoms with E-state index in [0.717, 1.165) is 6.54 Å². The minimum atomic E-state index is 0.543. The van der Waals surface area contributed by atoms with Gasteiger partial charge < -0.3 is 5.32 Å². The van der Waals surface area contributed by atoms with Crippen LogP contribution in [-0.4, -0.2) is 18.9 Å². The van der Waals surface area contributed by atoms with E-state index in [1.54, 1.807) is 6.34 Å². The minimum Gasteiger partial charge on any atom is -0.376 e. The van der Waals surface area contributed by atoms with Crippen LogP contribution in [0.5, 0.6) is 0 Å². The fourth-order valence-corrected chi connectivity index (χ4v) is 0.611. The van der Waals surface area contributed by atoms with Crippen LogP contribution in [0.2, 0.25) is 0 Å². The molecule has 2 heteroatoms. The predicted molar refractivity (Wildman–Crippen MR) is 30.6 cm³/mol. The maximum absolute atomic E-state index is 4.09. The van der Waals surface area contributed by atoms with Gasteiger partial charge in [-0.1, -0.05) is 0 Å². The first-order chi connectivity index (χ1) is 3.39. The van der Waals surface area contributed by atoms with Crippen LogP contribution in [0.3, 0.4) is 0 Å². The SMILES string of the molecule is C[C@H]1CCNC=N1. The molecular weight excluding hydrogens is 88.1 g/mol. The third kappa shape index (κ3) is 1.18. The van der Waals surface area contributed by atoms with Gasteiger partial charge in [-0.25, -0.2) is 0 Å². The van der Waals surface area contributed by atoms with Crippen LogP contribution in [-0.2, 0) is 0 Å². The Morgan fingerprint density at radius 1 is 1.86 bits per heavy atom. The Morgan fingerprint density at radius 3 is 3.00 bits per heavy atom. The third-order valence-electron chi connectivity index (χ3n) is 1.13. The molecule has 0 amide bonds. The van der Waals surface area contributed by atoms with Gasteiger partial charge in [-0.15, -0.1) is 0 Å². The second-order valence-electron chi connectivity index (χ2n) is 1.87. The van der Waals surface area contributed by atoms with E-state index in [4.69, 9.17) is 0 Å². The standard InChI is InChI=1S/C5H10N2/c1-5-2-3-6-4-7-5/h4-5H,2-3H2,1H3,(H,6,7)/t5-/m0/s1. The van der Waals surface area contributed by atoms with Crippen LogP contribution < -0.4 is 5.32 Å². The second-order valence-corrected chi connectivity index (χ2v) is 1.87. The molecule has 1 N–H and O–H groups in total. The van der Waals surface area contributed by atoms with Gasteiger partial charge in [0.05, 0.1) is 12.4 Å². The number of hydrogen-bond donors (Lipinski definition) is 1. The summed E-state index contributed by atoms with van der Waals surface area (Å²) in [5, 5.41) is 3.02. The van der Waals surface area contributed by atoms with E-state index in [9.17, 15) is 0 Å². The van der Waals surface area contributed by atoms with E-state index >= 15 is 0 Å². The van der Waals surface area contributed by atoms with Gasteiger partial charge in [0.15, 0.2) is 0 Å². The van der Waals surface area contributed by atoms with Crippen molar-refractivity contribution < 1.29 is 0 Å². The quantitative estimate of drug-likeness (QED) is 0.466. The van der Waals surface area contributed by atoms with Crippen molar-refractivity contribution >= 4 is 6.34 Å². The van der Waals surface area contributed by atoms with Crippen LogP contribution in [0.15, 0.2) is 4.99 Å². The summed E-state index contributed by atoms with van der Waals surface area (Å²) < 4.78 is 0. The van der Waals surface area contributed by atoms with Crippen LogP contribution in [0.1, 0.15) is 13.3 Å². The maximum Gasteiger partial charge on any atom is 0.0827 e. The van der Waals surface area contributed by atoms with Gasteiger partial charge in [-0.05, 0) is 13.3 Å². The smallest absolute Gasteiger partial charge is 0.0827 e. The Bertz CT molecular complexity index is 78.1. The van der Waals surface area contributed by atoms with E-state index < -0.39 is 0 Å². The summed E-state index contributed by atoms with van der Waals surface area (Å²) in [4.78, 5) is 4.09. The van der Waals surface area contributed by atoms with E-state index in [1.165, 1.54) is 6.42 Å². The molecule has 1 heterocycles. The molecule has 0 bridgehead atoms. The van der Waals surface area contributed by atoms with Gasteiger partial charge in [0, 0.05) is 6.54 Å². The lowest BCUT2D eigenvalue weighted by Gasteiger charge is -2.10. The molecule has 0 unspecified atom stereocenters. The largest absolute Gasteiger partial charge is 0.376 e. The number of rotatable bonds is 0. The number of nitrogens with one attached hydrogen (secondary N) is 1. The molecule has 2 nitrogen and oxygen atoms in total. The van der Waals surface area contributed by atoms with Crippen molar-refractivity contribution in [3.8, 4) is 0 Å². The van der Waals surface area contributed by atoms with E-state index in [0.29, 0.717) is 6.04 Å². The van der Waals surface area contributed by atoms with Crippen molar-refractivity contribution in [2.45, 2.75) is 19.4 Å². The topological polar surface area (TPSA) is 24.4 Å². The highest BCUT2D eigenvalue weighted by atomic mass is 15.0. The summed E-state index contributed by atoms with van der Waals surface area (Å²) in [7, 11) is 0. The van der Waals surface area contributed by atoms with Crippen molar-refractivity contribution in [1.82, 2.24) is 5.32 Å². The van der Waals surface area contributed by atoms with Gasteiger partial charge in [0.25, 0.3) is 0 Å². The van der Waals surface area contributed by atoms with Crippen LogP contribution in [0, 0.1) is 0 Å². The van der Waals surface area contributed by atoms with Gasteiger partial charge >= 0.3 is 0 Å². The summed E-state index contributed by atoms with van der Waals surface area (Å²) in [6.45, 7) is 3.21. The first-order valence-corrected chi connectivity index (χ1v) is 2.64. The van der Waals surface area contributed by atoms with Crippen LogP contribution in [0.4, 0.5) is 0 Å². The van der Waals surface area contributed by atoms with Crippen molar-refractivity contribution in [3.05, 3.63) is 0 Å². The highest BCUT2D eigenvalue weighted by Gasteiger charge is 1.98. The Kier molecular flexibility index (Phi) is 1.29. The van der Waals surface area contributed by atoms with Gasteiger partial charge in [0.2, 0.25) is 0 Å². The maximum atomic E-state index is 4.09. The lowest BCUT2D eigenvalue weighted by molar-refractivity contribution is 0.626. The number of nitrogens with zero attached hydrogens (tertiary/aromatic N) is 1. The van der Waals surface area contributed by atoms with Gasteiger partial charge in [-0.2, -0.15) is 0 Å². The van der Waals surface area contributed by atoms with Crippen molar-refractivity contribution in [3.63, 3.8) is 0 Å². The van der Waals surface area contributed by atoms with Crippen molar-refractivity contribution in [1.29, 1.82) is 0 Å². The predicted octanol–water partition coefficient (Wildman–Crippen LogP) is 0.397. The molecule has 1 aliphatic heterocycles. The molecule has 0 aliphatic carbocycles. The Morgan fingerprint density at radius 2 is 2.71 bits per heavy atom. The molecule has 0 aromatic rings. The second kappa shape index (κ2) is 1.96. The summed E-state index contributed by atoms with van der Waals surface area (Å²) in [5.41, 5.74) is 0. The number of hydrogen-bond acceptors (Lipinski definition) is 2.